The van der Waals surface area contributed by atoms with Gasteiger partial charge in [-0.2, -0.15) is 0 Å². The van der Waals surface area contributed by atoms with Crippen molar-refractivity contribution in [3.05, 3.63) is 157 Å². The molecule has 8 aromatic carbocycles. The Morgan fingerprint density at radius 2 is 0.864 bits per heavy atom. The Bertz CT molecular complexity index is 2310. The fourth-order valence-corrected chi connectivity index (χ4v) is 6.72. The van der Waals surface area contributed by atoms with E-state index in [2.05, 4.69) is 114 Å². The summed E-state index contributed by atoms with van der Waals surface area (Å²) in [7, 11) is 0. The van der Waals surface area contributed by atoms with Crippen LogP contribution >= 0.6 is 0 Å². The number of halogens is 1. The van der Waals surface area contributed by atoms with Crippen molar-refractivity contribution in [1.82, 2.24) is 0 Å². The van der Waals surface area contributed by atoms with Crippen molar-refractivity contribution in [1.29, 1.82) is 0 Å². The van der Waals surface area contributed by atoms with Gasteiger partial charge in [0.25, 0.3) is 0 Å². The topological polar surface area (TPSA) is 26.3 Å². The van der Waals surface area contributed by atoms with Gasteiger partial charge in [-0.25, -0.2) is 9.74 Å². The molecule has 0 saturated carbocycles. The smallest absolute Gasteiger partial charge is 0.249 e. The molecule has 8 rings (SSSR count). The highest BCUT2D eigenvalue weighted by molar-refractivity contribution is 6.32. The minimum Gasteiger partial charge on any atom is -0.249 e. The molecule has 44 heavy (non-hydrogen) atoms. The zero-order valence-electron chi connectivity index (χ0n) is 23.6. The van der Waals surface area contributed by atoms with Gasteiger partial charge in [0.2, 0.25) is 0 Å². The van der Waals surface area contributed by atoms with E-state index in [1.54, 1.807) is 12.1 Å². The number of rotatable bonds is 5. The maximum Gasteiger partial charge on any atom is 0.380 e. The lowest BCUT2D eigenvalue weighted by Crippen LogP contribution is -2.02. The van der Waals surface area contributed by atoms with Crippen molar-refractivity contribution < 1.29 is 14.3 Å². The highest BCUT2D eigenvalue weighted by Gasteiger charge is 2.23. The predicted octanol–water partition coefficient (Wildman–Crippen LogP) is 11.3. The molecular formula is C41H25FO2. The summed E-state index contributed by atoms with van der Waals surface area (Å²) in [5.74, 6) is -1.01. The first-order chi connectivity index (χ1) is 21.7. The molecular weight excluding hydrogens is 543 g/mol. The van der Waals surface area contributed by atoms with Crippen LogP contribution in [0.1, 0.15) is 10.4 Å². The molecule has 0 aromatic heterocycles. The molecule has 0 spiro atoms. The van der Waals surface area contributed by atoms with Crippen molar-refractivity contribution in [3.63, 3.8) is 0 Å². The van der Waals surface area contributed by atoms with Crippen molar-refractivity contribution >= 4 is 38.3 Å². The van der Waals surface area contributed by atoms with E-state index in [1.807, 2.05) is 30.3 Å². The minimum absolute atomic E-state index is 0.180. The highest BCUT2D eigenvalue weighted by atomic mass is 19.3. The molecule has 2 nitrogen and oxygen atoms in total. The van der Waals surface area contributed by atoms with Crippen LogP contribution in [0.25, 0.3) is 76.8 Å². The minimum atomic E-state index is -1.01. The van der Waals surface area contributed by atoms with Gasteiger partial charge in [-0.3, -0.25) is 0 Å². The first-order valence-corrected chi connectivity index (χ1v) is 14.6. The molecule has 0 fully saturated rings. The van der Waals surface area contributed by atoms with Gasteiger partial charge in [0.15, 0.2) is 0 Å². The van der Waals surface area contributed by atoms with Gasteiger partial charge < -0.3 is 0 Å². The second-order valence-electron chi connectivity index (χ2n) is 11.0. The van der Waals surface area contributed by atoms with E-state index >= 15 is 0 Å². The summed E-state index contributed by atoms with van der Waals surface area (Å²) in [6.07, 6.45) is 0. The summed E-state index contributed by atoms with van der Waals surface area (Å²) in [5, 5.41) is 6.58. The average Bonchev–Trinajstić information content (AvgIpc) is 3.10. The highest BCUT2D eigenvalue weighted by Crippen LogP contribution is 2.49. The Morgan fingerprint density at radius 3 is 1.48 bits per heavy atom. The third-order valence-electron chi connectivity index (χ3n) is 8.66. The summed E-state index contributed by atoms with van der Waals surface area (Å²) < 4.78 is 13.3. The monoisotopic (exact) mass is 568 g/mol. The molecule has 0 heterocycles. The number of hydrogen-bond acceptors (Lipinski definition) is 2. The molecule has 0 radical (unpaired) electrons. The van der Waals surface area contributed by atoms with Gasteiger partial charge in [-0.05, 0) is 95.0 Å². The van der Waals surface area contributed by atoms with E-state index in [0.29, 0.717) is 5.56 Å². The van der Waals surface area contributed by atoms with Crippen molar-refractivity contribution in [2.24, 2.45) is 0 Å². The summed E-state index contributed by atoms with van der Waals surface area (Å²) in [5.41, 5.74) is 8.37. The summed E-state index contributed by atoms with van der Waals surface area (Å²) in [6, 6.07) is 51.5. The zero-order valence-corrected chi connectivity index (χ0v) is 23.6. The van der Waals surface area contributed by atoms with Gasteiger partial charge >= 0.3 is 5.97 Å². The lowest BCUT2D eigenvalue weighted by Gasteiger charge is -2.22. The molecule has 0 aliphatic carbocycles. The third kappa shape index (κ3) is 4.05. The molecule has 0 bridgehead atoms. The van der Waals surface area contributed by atoms with Gasteiger partial charge in [0.05, 0.1) is 5.56 Å². The summed E-state index contributed by atoms with van der Waals surface area (Å²) in [6.45, 7) is 0. The Labute approximate surface area is 253 Å². The molecule has 0 atom stereocenters. The molecule has 0 aliphatic rings. The molecule has 8 aromatic rings. The van der Waals surface area contributed by atoms with E-state index in [1.165, 1.54) is 0 Å². The fraction of sp³-hybridized carbons (Fsp3) is 0. The molecule has 208 valence electrons. The first kappa shape index (κ1) is 25.9. The van der Waals surface area contributed by atoms with Crippen LogP contribution in [0.5, 0.6) is 0 Å². The standard InChI is InChI=1S/C41H25FO2/c42-44-41(43)34-19-11-10-18-30(34)37-25-38-36(28-16-8-3-9-17-28)24-35(27-14-6-2-7-15-27)32-23-22-31-29(26-12-4-1-5-13-26)20-21-33(37)39(31)40(32)38/h1-25H. The molecule has 0 aliphatic heterocycles. The van der Waals surface area contributed by atoms with Gasteiger partial charge in [-0.15, -0.1) is 0 Å². The number of benzene rings is 8. The van der Waals surface area contributed by atoms with Crippen LogP contribution in [-0.2, 0) is 4.94 Å². The Balaban J connectivity index is 1.60. The second-order valence-corrected chi connectivity index (χ2v) is 11.0. The average molecular weight is 569 g/mol. The van der Waals surface area contributed by atoms with Gasteiger partial charge in [0.1, 0.15) is 0 Å². The molecule has 0 amide bonds. The normalized spacial score (nSPS) is 11.4. The first-order valence-electron chi connectivity index (χ1n) is 14.6. The Kier molecular flexibility index (Phi) is 6.16. The number of hydrogen-bond donors (Lipinski definition) is 0. The van der Waals surface area contributed by atoms with Crippen molar-refractivity contribution in [3.8, 4) is 44.5 Å². The summed E-state index contributed by atoms with van der Waals surface area (Å²) in [4.78, 5) is 16.4. The SMILES string of the molecule is O=C(OF)c1ccccc1-c1cc2c(-c3ccccc3)cc(-c3ccccc3)c3ccc4c(-c5ccccc5)ccc1c4c32. The molecule has 3 heteroatoms. The quantitative estimate of drug-likeness (QED) is 0.193. The second kappa shape index (κ2) is 10.5. The Morgan fingerprint density at radius 1 is 0.409 bits per heavy atom. The lowest BCUT2D eigenvalue weighted by molar-refractivity contribution is -0.0787. The van der Waals surface area contributed by atoms with Gasteiger partial charge in [0, 0.05) is 4.53 Å². The maximum absolute atomic E-state index is 13.3. The van der Waals surface area contributed by atoms with E-state index in [-0.39, 0.29) is 5.56 Å². The van der Waals surface area contributed by atoms with E-state index in [9.17, 15) is 9.32 Å². The number of carbonyl (C=O) groups excluding carboxylic acids is 1. The van der Waals surface area contributed by atoms with E-state index < -0.39 is 5.97 Å². The van der Waals surface area contributed by atoms with Crippen LogP contribution in [0.3, 0.4) is 0 Å². The van der Waals surface area contributed by atoms with Crippen LogP contribution in [0.2, 0.25) is 0 Å². The van der Waals surface area contributed by atoms with E-state index in [4.69, 9.17) is 0 Å². The predicted molar refractivity (Wildman–Crippen MR) is 178 cm³/mol. The fourth-order valence-electron chi connectivity index (χ4n) is 6.72. The largest absolute Gasteiger partial charge is 0.380 e. The third-order valence-corrected chi connectivity index (χ3v) is 8.66. The van der Waals surface area contributed by atoms with E-state index in [0.717, 1.165) is 71.3 Å². The van der Waals surface area contributed by atoms with Crippen LogP contribution in [0, 0.1) is 0 Å². The van der Waals surface area contributed by atoms with Crippen LogP contribution in [0.15, 0.2) is 152 Å². The zero-order chi connectivity index (χ0) is 29.6. The number of carbonyl (C=O) groups is 1. The van der Waals surface area contributed by atoms with Crippen molar-refractivity contribution in [2.45, 2.75) is 0 Å². The summed E-state index contributed by atoms with van der Waals surface area (Å²) >= 11 is 0. The van der Waals surface area contributed by atoms with Crippen LogP contribution in [0.4, 0.5) is 4.53 Å². The van der Waals surface area contributed by atoms with Crippen LogP contribution in [-0.4, -0.2) is 5.97 Å². The maximum atomic E-state index is 13.3. The van der Waals surface area contributed by atoms with Crippen molar-refractivity contribution in [2.75, 3.05) is 0 Å². The molecule has 0 unspecified atom stereocenters. The van der Waals surface area contributed by atoms with Crippen LogP contribution < -0.4 is 0 Å². The molecule has 0 N–H and O–H groups in total. The Hall–Kier alpha value is -5.80. The van der Waals surface area contributed by atoms with Gasteiger partial charge in [-0.1, -0.05) is 133 Å². The lowest BCUT2D eigenvalue weighted by atomic mass is 9.81. The molecule has 0 saturated heterocycles.